The van der Waals surface area contributed by atoms with Crippen LogP contribution in [0.1, 0.15) is 0 Å². The number of morpholine rings is 1. The molecule has 1 fully saturated rings. The average Bonchev–Trinajstić information content (AvgIpc) is 3.23. The summed E-state index contributed by atoms with van der Waals surface area (Å²) in [6, 6.07) is 17.4. The van der Waals surface area contributed by atoms with Gasteiger partial charge in [0.2, 0.25) is 11.1 Å². The van der Waals surface area contributed by atoms with Crippen molar-refractivity contribution < 1.29 is 9.53 Å². The van der Waals surface area contributed by atoms with E-state index in [0.717, 1.165) is 30.2 Å². The van der Waals surface area contributed by atoms with E-state index in [9.17, 15) is 4.79 Å². The number of carbonyl (C=O) groups is 1. The molecule has 2 heterocycles. The Labute approximate surface area is 166 Å². The number of anilines is 2. The van der Waals surface area contributed by atoms with E-state index in [1.165, 1.54) is 11.8 Å². The van der Waals surface area contributed by atoms with Crippen LogP contribution in [0.4, 0.5) is 11.4 Å². The summed E-state index contributed by atoms with van der Waals surface area (Å²) in [4.78, 5) is 14.8. The summed E-state index contributed by atoms with van der Waals surface area (Å²) in [6.45, 7) is 3.02. The minimum absolute atomic E-state index is 0.103. The number of aromatic nitrogens is 4. The molecule has 1 aromatic heterocycles. The lowest BCUT2D eigenvalue weighted by Gasteiger charge is -2.30. The largest absolute Gasteiger partial charge is 0.378 e. The molecule has 1 aliphatic heterocycles. The van der Waals surface area contributed by atoms with Gasteiger partial charge in [-0.1, -0.05) is 42.1 Å². The monoisotopic (exact) mass is 396 g/mol. The van der Waals surface area contributed by atoms with Crippen molar-refractivity contribution in [3.8, 4) is 5.69 Å². The van der Waals surface area contributed by atoms with Gasteiger partial charge in [-0.25, -0.2) is 0 Å². The van der Waals surface area contributed by atoms with Crippen molar-refractivity contribution in [3.05, 3.63) is 54.6 Å². The van der Waals surface area contributed by atoms with Crippen LogP contribution in [-0.4, -0.2) is 58.2 Å². The number of para-hydroxylation sites is 3. The Morgan fingerprint density at radius 3 is 2.64 bits per heavy atom. The number of nitrogens with zero attached hydrogens (tertiary/aromatic N) is 5. The topological polar surface area (TPSA) is 85.2 Å². The molecule has 1 saturated heterocycles. The zero-order chi connectivity index (χ0) is 19.2. The van der Waals surface area contributed by atoms with Crippen molar-refractivity contribution >= 4 is 29.0 Å². The number of amides is 1. The summed E-state index contributed by atoms with van der Waals surface area (Å²) in [7, 11) is 0. The van der Waals surface area contributed by atoms with Crippen LogP contribution < -0.4 is 10.2 Å². The first-order valence-electron chi connectivity index (χ1n) is 8.99. The van der Waals surface area contributed by atoms with Gasteiger partial charge in [0.25, 0.3) is 0 Å². The zero-order valence-electron chi connectivity index (χ0n) is 15.2. The van der Waals surface area contributed by atoms with E-state index in [2.05, 4.69) is 25.7 Å². The van der Waals surface area contributed by atoms with Gasteiger partial charge in [-0.05, 0) is 34.7 Å². The summed E-state index contributed by atoms with van der Waals surface area (Å²) >= 11 is 1.30. The molecule has 0 radical (unpaired) electrons. The molecule has 9 heteroatoms. The number of tetrazole rings is 1. The minimum atomic E-state index is -0.103. The predicted molar refractivity (Wildman–Crippen MR) is 108 cm³/mol. The lowest BCUT2D eigenvalue weighted by atomic mass is 10.2. The van der Waals surface area contributed by atoms with Gasteiger partial charge in [0.05, 0.1) is 36.0 Å². The van der Waals surface area contributed by atoms with E-state index in [1.54, 1.807) is 4.68 Å². The molecule has 0 unspecified atom stereocenters. The van der Waals surface area contributed by atoms with Crippen LogP contribution in [0.15, 0.2) is 59.8 Å². The van der Waals surface area contributed by atoms with E-state index in [1.807, 2.05) is 54.6 Å². The summed E-state index contributed by atoms with van der Waals surface area (Å²) in [6.07, 6.45) is 0. The standard InChI is InChI=1S/C19H20N6O2S/c26-18(14-28-19-21-22-23-25(19)15-6-2-1-3-7-15)20-16-8-4-5-9-17(16)24-10-12-27-13-11-24/h1-9H,10-14H2,(H,20,26). The quantitative estimate of drug-likeness (QED) is 0.640. The van der Waals surface area contributed by atoms with Gasteiger partial charge < -0.3 is 15.0 Å². The molecule has 0 spiro atoms. The number of carbonyl (C=O) groups excluding carboxylic acids is 1. The fraction of sp³-hybridized carbons (Fsp3) is 0.263. The Balaban J connectivity index is 1.41. The molecular weight excluding hydrogens is 376 g/mol. The molecule has 0 saturated carbocycles. The number of hydrogen-bond acceptors (Lipinski definition) is 7. The molecule has 28 heavy (non-hydrogen) atoms. The first kappa shape index (κ1) is 18.5. The van der Waals surface area contributed by atoms with E-state index in [-0.39, 0.29) is 11.7 Å². The fourth-order valence-electron chi connectivity index (χ4n) is 2.98. The minimum Gasteiger partial charge on any atom is -0.378 e. The maximum Gasteiger partial charge on any atom is 0.234 e. The van der Waals surface area contributed by atoms with Crippen molar-refractivity contribution in [3.63, 3.8) is 0 Å². The van der Waals surface area contributed by atoms with Gasteiger partial charge in [-0.3, -0.25) is 4.79 Å². The lowest BCUT2D eigenvalue weighted by Crippen LogP contribution is -2.36. The third-order valence-electron chi connectivity index (χ3n) is 4.30. The maximum absolute atomic E-state index is 12.5. The zero-order valence-corrected chi connectivity index (χ0v) is 16.0. The fourth-order valence-corrected chi connectivity index (χ4v) is 3.67. The number of thioether (sulfide) groups is 1. The SMILES string of the molecule is O=C(CSc1nnnn1-c1ccccc1)Nc1ccccc1N1CCOCC1. The molecule has 3 aromatic rings. The second-order valence-electron chi connectivity index (χ2n) is 6.16. The number of nitrogens with one attached hydrogen (secondary N) is 1. The summed E-state index contributed by atoms with van der Waals surface area (Å²) < 4.78 is 7.04. The highest BCUT2D eigenvalue weighted by Crippen LogP contribution is 2.27. The summed E-state index contributed by atoms with van der Waals surface area (Å²) in [5.74, 6) is 0.110. The van der Waals surface area contributed by atoms with Crippen molar-refractivity contribution in [1.29, 1.82) is 0 Å². The van der Waals surface area contributed by atoms with Crippen molar-refractivity contribution in [1.82, 2.24) is 20.2 Å². The Hall–Kier alpha value is -2.91. The first-order valence-corrected chi connectivity index (χ1v) is 9.98. The van der Waals surface area contributed by atoms with Gasteiger partial charge in [-0.2, -0.15) is 4.68 Å². The van der Waals surface area contributed by atoms with Crippen LogP contribution in [0.5, 0.6) is 0 Å². The van der Waals surface area contributed by atoms with Crippen LogP contribution in [-0.2, 0) is 9.53 Å². The number of ether oxygens (including phenoxy) is 1. The van der Waals surface area contributed by atoms with Gasteiger partial charge >= 0.3 is 0 Å². The normalized spacial score (nSPS) is 14.1. The van der Waals surface area contributed by atoms with E-state index in [0.29, 0.717) is 18.4 Å². The van der Waals surface area contributed by atoms with Crippen LogP contribution >= 0.6 is 11.8 Å². The second kappa shape index (κ2) is 8.85. The highest BCUT2D eigenvalue weighted by molar-refractivity contribution is 7.99. The molecule has 4 rings (SSSR count). The lowest BCUT2D eigenvalue weighted by molar-refractivity contribution is -0.113. The Morgan fingerprint density at radius 1 is 1.07 bits per heavy atom. The first-order chi connectivity index (χ1) is 13.8. The molecule has 8 nitrogen and oxygen atoms in total. The van der Waals surface area contributed by atoms with E-state index < -0.39 is 0 Å². The molecule has 0 atom stereocenters. The molecule has 1 aliphatic rings. The molecule has 1 amide bonds. The van der Waals surface area contributed by atoms with Crippen LogP contribution in [0.25, 0.3) is 5.69 Å². The molecule has 2 aromatic carbocycles. The molecule has 1 N–H and O–H groups in total. The van der Waals surface area contributed by atoms with E-state index >= 15 is 0 Å². The van der Waals surface area contributed by atoms with Gasteiger partial charge in [0, 0.05) is 13.1 Å². The summed E-state index contributed by atoms with van der Waals surface area (Å²) in [5, 5.41) is 15.3. The highest BCUT2D eigenvalue weighted by atomic mass is 32.2. The van der Waals surface area contributed by atoms with Gasteiger partial charge in [0.15, 0.2) is 0 Å². The average molecular weight is 396 g/mol. The molecular formula is C19H20N6O2S. The Morgan fingerprint density at radius 2 is 1.82 bits per heavy atom. The summed E-state index contributed by atoms with van der Waals surface area (Å²) in [5.41, 5.74) is 2.67. The third kappa shape index (κ3) is 4.32. The smallest absolute Gasteiger partial charge is 0.234 e. The third-order valence-corrected chi connectivity index (χ3v) is 5.22. The van der Waals surface area contributed by atoms with Crippen molar-refractivity contribution in [2.24, 2.45) is 0 Å². The van der Waals surface area contributed by atoms with Gasteiger partial charge in [-0.15, -0.1) is 5.10 Å². The molecule has 144 valence electrons. The number of benzene rings is 2. The van der Waals surface area contributed by atoms with E-state index in [4.69, 9.17) is 4.74 Å². The predicted octanol–water partition coefficient (Wildman–Crippen LogP) is 2.23. The maximum atomic E-state index is 12.5. The van der Waals surface area contributed by atoms with Crippen LogP contribution in [0.3, 0.4) is 0 Å². The van der Waals surface area contributed by atoms with Crippen LogP contribution in [0.2, 0.25) is 0 Å². The Kier molecular flexibility index (Phi) is 5.83. The number of rotatable bonds is 6. The van der Waals surface area contributed by atoms with Gasteiger partial charge in [0.1, 0.15) is 0 Å². The van der Waals surface area contributed by atoms with Crippen molar-refractivity contribution in [2.75, 3.05) is 42.3 Å². The number of hydrogen-bond donors (Lipinski definition) is 1. The molecule has 0 aliphatic carbocycles. The highest BCUT2D eigenvalue weighted by Gasteiger charge is 2.16. The molecule has 0 bridgehead atoms. The second-order valence-corrected chi connectivity index (χ2v) is 7.10. The Bertz CT molecular complexity index is 927. The van der Waals surface area contributed by atoms with Crippen LogP contribution in [0, 0.1) is 0 Å². The van der Waals surface area contributed by atoms with Crippen molar-refractivity contribution in [2.45, 2.75) is 5.16 Å².